The number of hydrogen-bond acceptors (Lipinski definition) is 6. The predicted molar refractivity (Wildman–Crippen MR) is 71.6 cm³/mol. The molecule has 0 spiro atoms. The zero-order chi connectivity index (χ0) is 15.3. The van der Waals surface area contributed by atoms with Gasteiger partial charge in [0.1, 0.15) is 11.7 Å². The summed E-state index contributed by atoms with van der Waals surface area (Å²) in [5.74, 6) is -1.50. The van der Waals surface area contributed by atoms with Crippen molar-refractivity contribution in [2.24, 2.45) is 0 Å². The van der Waals surface area contributed by atoms with E-state index in [0.29, 0.717) is 5.03 Å². The van der Waals surface area contributed by atoms with Crippen LogP contribution < -0.4 is 5.32 Å². The molecule has 9 heteroatoms. The van der Waals surface area contributed by atoms with Crippen molar-refractivity contribution < 1.29 is 19.6 Å². The van der Waals surface area contributed by atoms with Crippen LogP contribution in [0.1, 0.15) is 12.6 Å². The summed E-state index contributed by atoms with van der Waals surface area (Å²) in [5, 5.41) is 22.3. The van der Waals surface area contributed by atoms with E-state index >= 15 is 0 Å². The highest BCUT2D eigenvalue weighted by Gasteiger charge is 2.19. The van der Waals surface area contributed by atoms with Gasteiger partial charge >= 0.3 is 5.97 Å². The van der Waals surface area contributed by atoms with Crippen LogP contribution in [-0.4, -0.2) is 38.7 Å². The Morgan fingerprint density at radius 1 is 1.55 bits per heavy atom. The molecule has 0 saturated carbocycles. The third-order valence-corrected chi connectivity index (χ3v) is 3.33. The maximum Gasteiger partial charge on any atom is 0.327 e. The van der Waals surface area contributed by atoms with E-state index in [1.165, 1.54) is 26.0 Å². The highest BCUT2D eigenvalue weighted by atomic mass is 32.2. The summed E-state index contributed by atoms with van der Waals surface area (Å²) in [5.41, 5.74) is 0.164. The topological polar surface area (TPSA) is 122 Å². The number of carbonyl (C=O) groups is 2. The van der Waals surface area contributed by atoms with Crippen molar-refractivity contribution in [1.82, 2.24) is 10.3 Å². The zero-order valence-corrected chi connectivity index (χ0v) is 11.6. The fourth-order valence-corrected chi connectivity index (χ4v) is 2.32. The zero-order valence-electron chi connectivity index (χ0n) is 10.8. The normalized spacial score (nSPS) is 11.7. The first kappa shape index (κ1) is 15.9. The molecule has 0 aliphatic rings. The van der Waals surface area contributed by atoms with Crippen LogP contribution in [0.4, 0.5) is 5.69 Å². The quantitative estimate of drug-likeness (QED) is 0.456. The van der Waals surface area contributed by atoms with Crippen LogP contribution in [0.25, 0.3) is 0 Å². The number of pyridine rings is 1. The van der Waals surface area contributed by atoms with Crippen molar-refractivity contribution >= 4 is 29.3 Å². The smallest absolute Gasteiger partial charge is 0.327 e. The molecule has 0 aliphatic carbocycles. The van der Waals surface area contributed by atoms with E-state index < -0.39 is 22.8 Å². The van der Waals surface area contributed by atoms with E-state index in [-0.39, 0.29) is 17.1 Å². The molecule has 1 heterocycles. The predicted octanol–water partition coefficient (Wildman–Crippen LogP) is 0.980. The summed E-state index contributed by atoms with van der Waals surface area (Å²) in [6, 6.07) is 1.73. The van der Waals surface area contributed by atoms with E-state index in [0.717, 1.165) is 11.8 Å². The number of amides is 1. The first-order valence-electron chi connectivity index (χ1n) is 5.56. The molecule has 1 atom stereocenters. The Balaban J connectivity index is 2.73. The minimum atomic E-state index is -1.15. The molecule has 1 aromatic rings. The SMILES string of the molecule is CC(=O)NC(CSc1ccc([N+](=O)[O-])c(C)n1)C(=O)O. The number of carboxylic acid groups (broad SMARTS) is 1. The summed E-state index contributed by atoms with van der Waals surface area (Å²) in [6.07, 6.45) is 0. The summed E-state index contributed by atoms with van der Waals surface area (Å²) in [4.78, 5) is 35.9. The monoisotopic (exact) mass is 299 g/mol. The van der Waals surface area contributed by atoms with Crippen molar-refractivity contribution in [2.75, 3.05) is 5.75 Å². The van der Waals surface area contributed by atoms with E-state index in [1.807, 2.05) is 0 Å². The van der Waals surface area contributed by atoms with Crippen LogP contribution in [0, 0.1) is 17.0 Å². The molecule has 108 valence electrons. The van der Waals surface area contributed by atoms with Gasteiger partial charge in [0, 0.05) is 18.7 Å². The number of nitrogens with zero attached hydrogens (tertiary/aromatic N) is 2. The van der Waals surface area contributed by atoms with Gasteiger partial charge in [0.2, 0.25) is 5.91 Å². The Morgan fingerprint density at radius 2 is 2.20 bits per heavy atom. The van der Waals surface area contributed by atoms with Crippen molar-refractivity contribution in [1.29, 1.82) is 0 Å². The van der Waals surface area contributed by atoms with Gasteiger partial charge in [-0.25, -0.2) is 9.78 Å². The molecular formula is C11H13N3O5S. The summed E-state index contributed by atoms with van der Waals surface area (Å²) < 4.78 is 0. The third-order valence-electron chi connectivity index (χ3n) is 2.30. The fourth-order valence-electron chi connectivity index (χ4n) is 1.39. The molecule has 1 aromatic heterocycles. The molecule has 1 amide bonds. The Kier molecular flexibility index (Phi) is 5.44. The van der Waals surface area contributed by atoms with Gasteiger partial charge in [0.15, 0.2) is 0 Å². The molecule has 1 rings (SSSR count). The molecule has 1 unspecified atom stereocenters. The Labute approximate surface area is 118 Å². The lowest BCUT2D eigenvalue weighted by Gasteiger charge is -2.12. The number of carboxylic acids is 1. The second-order valence-electron chi connectivity index (χ2n) is 3.91. The number of thioether (sulfide) groups is 1. The molecule has 0 bridgehead atoms. The van der Waals surface area contributed by atoms with Gasteiger partial charge in [-0.1, -0.05) is 0 Å². The third kappa shape index (κ3) is 4.50. The van der Waals surface area contributed by atoms with Crippen LogP contribution >= 0.6 is 11.8 Å². The first-order valence-corrected chi connectivity index (χ1v) is 6.54. The van der Waals surface area contributed by atoms with E-state index in [4.69, 9.17) is 5.11 Å². The molecule has 8 nitrogen and oxygen atoms in total. The maximum absolute atomic E-state index is 10.9. The molecular weight excluding hydrogens is 286 g/mol. The number of hydrogen-bond donors (Lipinski definition) is 2. The molecule has 0 saturated heterocycles. The fraction of sp³-hybridized carbons (Fsp3) is 0.364. The number of aliphatic carboxylic acids is 1. The van der Waals surface area contributed by atoms with Crippen LogP contribution in [0.3, 0.4) is 0 Å². The molecule has 0 fully saturated rings. The number of rotatable bonds is 6. The average molecular weight is 299 g/mol. The van der Waals surface area contributed by atoms with Gasteiger partial charge < -0.3 is 10.4 Å². The van der Waals surface area contributed by atoms with Gasteiger partial charge in [-0.05, 0) is 13.0 Å². The van der Waals surface area contributed by atoms with E-state index in [1.54, 1.807) is 0 Å². The van der Waals surface area contributed by atoms with Crippen LogP contribution in [0.5, 0.6) is 0 Å². The highest BCUT2D eigenvalue weighted by molar-refractivity contribution is 7.99. The van der Waals surface area contributed by atoms with Crippen LogP contribution in [-0.2, 0) is 9.59 Å². The second kappa shape index (κ2) is 6.85. The van der Waals surface area contributed by atoms with Crippen molar-refractivity contribution in [3.05, 3.63) is 27.9 Å². The summed E-state index contributed by atoms with van der Waals surface area (Å²) in [6.45, 7) is 2.74. The molecule has 0 radical (unpaired) electrons. The Hall–Kier alpha value is -2.16. The number of carbonyl (C=O) groups excluding carboxylic acids is 1. The molecule has 0 aromatic carbocycles. The van der Waals surface area contributed by atoms with Gasteiger partial charge in [-0.3, -0.25) is 14.9 Å². The first-order chi connectivity index (χ1) is 9.31. The number of aromatic nitrogens is 1. The standard InChI is InChI=1S/C11H13N3O5S/c1-6-9(14(18)19)3-4-10(12-6)20-5-8(11(16)17)13-7(2)15/h3-4,8H,5H2,1-2H3,(H,13,15)(H,16,17). The maximum atomic E-state index is 10.9. The van der Waals surface area contributed by atoms with E-state index in [9.17, 15) is 19.7 Å². The lowest BCUT2D eigenvalue weighted by atomic mass is 10.3. The molecule has 20 heavy (non-hydrogen) atoms. The lowest BCUT2D eigenvalue weighted by Crippen LogP contribution is -2.41. The molecule has 2 N–H and O–H groups in total. The van der Waals surface area contributed by atoms with E-state index in [2.05, 4.69) is 10.3 Å². The largest absolute Gasteiger partial charge is 0.480 e. The second-order valence-corrected chi connectivity index (χ2v) is 4.95. The average Bonchev–Trinajstić information content (AvgIpc) is 2.33. The Bertz CT molecular complexity index is 549. The van der Waals surface area contributed by atoms with Gasteiger partial charge in [-0.2, -0.15) is 0 Å². The van der Waals surface area contributed by atoms with Crippen molar-refractivity contribution in [3.63, 3.8) is 0 Å². The van der Waals surface area contributed by atoms with Crippen molar-refractivity contribution in [2.45, 2.75) is 24.9 Å². The minimum Gasteiger partial charge on any atom is -0.480 e. The summed E-state index contributed by atoms with van der Waals surface area (Å²) in [7, 11) is 0. The highest BCUT2D eigenvalue weighted by Crippen LogP contribution is 2.22. The van der Waals surface area contributed by atoms with Gasteiger partial charge in [-0.15, -0.1) is 11.8 Å². The minimum absolute atomic E-state index is 0.0825. The number of nitrogens with one attached hydrogen (secondary N) is 1. The van der Waals surface area contributed by atoms with Crippen LogP contribution in [0.2, 0.25) is 0 Å². The number of nitro groups is 1. The lowest BCUT2D eigenvalue weighted by molar-refractivity contribution is -0.385. The molecule has 0 aliphatic heterocycles. The van der Waals surface area contributed by atoms with Gasteiger partial charge in [0.25, 0.3) is 5.69 Å². The Morgan fingerprint density at radius 3 is 2.65 bits per heavy atom. The van der Waals surface area contributed by atoms with Crippen LogP contribution in [0.15, 0.2) is 17.2 Å². The summed E-state index contributed by atoms with van der Waals surface area (Å²) >= 11 is 1.10. The van der Waals surface area contributed by atoms with Gasteiger partial charge in [0.05, 0.1) is 9.95 Å². The number of aryl methyl sites for hydroxylation is 1. The van der Waals surface area contributed by atoms with Crippen molar-refractivity contribution in [3.8, 4) is 0 Å².